The summed E-state index contributed by atoms with van der Waals surface area (Å²) >= 11 is 0. The number of aromatic nitrogens is 1. The summed E-state index contributed by atoms with van der Waals surface area (Å²) in [6.45, 7) is 1.82. The second-order valence-corrected chi connectivity index (χ2v) is 4.07. The summed E-state index contributed by atoms with van der Waals surface area (Å²) < 4.78 is 61.6. The quantitative estimate of drug-likeness (QED) is 0.799. The van der Waals surface area contributed by atoms with Gasteiger partial charge < -0.3 is 9.26 Å². The Morgan fingerprint density at radius 3 is 2.45 bits per heavy atom. The van der Waals surface area contributed by atoms with Gasteiger partial charge in [-0.05, 0) is 12.1 Å². The lowest BCUT2D eigenvalue weighted by atomic mass is 10.1. The van der Waals surface area contributed by atoms with Crippen molar-refractivity contribution in [3.8, 4) is 17.0 Å². The minimum Gasteiger partial charge on any atom is -0.494 e. The molecule has 0 fully saturated rings. The zero-order valence-corrected chi connectivity index (χ0v) is 10.7. The van der Waals surface area contributed by atoms with E-state index in [1.165, 1.54) is 6.07 Å². The van der Waals surface area contributed by atoms with Gasteiger partial charge in [0, 0.05) is 18.1 Å². The molecular weight excluding hydrogens is 278 g/mol. The standard InChI is InChI=1S/C13H11F4NO2/c1-3-8-6-10(18-20-8)7-4-9(13(15,16)17)12(14)11(5-7)19-2/h4-6H,3H2,1-2H3. The number of ether oxygens (including phenoxy) is 1. The summed E-state index contributed by atoms with van der Waals surface area (Å²) in [6.07, 6.45) is -4.26. The average molecular weight is 289 g/mol. The van der Waals surface area contributed by atoms with Crippen LogP contribution < -0.4 is 4.74 Å². The van der Waals surface area contributed by atoms with Gasteiger partial charge in [0.25, 0.3) is 0 Å². The number of aryl methyl sites for hydroxylation is 1. The molecule has 2 rings (SSSR count). The van der Waals surface area contributed by atoms with E-state index in [0.717, 1.165) is 13.2 Å². The fourth-order valence-corrected chi connectivity index (χ4v) is 1.72. The summed E-state index contributed by atoms with van der Waals surface area (Å²) in [5.41, 5.74) is -1.11. The van der Waals surface area contributed by atoms with Gasteiger partial charge in [0.1, 0.15) is 11.5 Å². The summed E-state index contributed by atoms with van der Waals surface area (Å²) in [7, 11) is 1.10. The lowest BCUT2D eigenvalue weighted by molar-refractivity contribution is -0.140. The number of rotatable bonds is 3. The Kier molecular flexibility index (Phi) is 3.69. The molecule has 20 heavy (non-hydrogen) atoms. The third-order valence-electron chi connectivity index (χ3n) is 2.77. The molecule has 2 aromatic rings. The predicted molar refractivity (Wildman–Crippen MR) is 62.8 cm³/mol. The smallest absolute Gasteiger partial charge is 0.419 e. The van der Waals surface area contributed by atoms with Gasteiger partial charge in [0.05, 0.1) is 12.7 Å². The van der Waals surface area contributed by atoms with E-state index in [0.29, 0.717) is 18.2 Å². The van der Waals surface area contributed by atoms with Crippen LogP contribution in [0.2, 0.25) is 0 Å². The molecular formula is C13H11F4NO2. The number of hydrogen-bond donors (Lipinski definition) is 0. The van der Waals surface area contributed by atoms with Crippen molar-refractivity contribution in [3.63, 3.8) is 0 Å². The van der Waals surface area contributed by atoms with Crippen LogP contribution >= 0.6 is 0 Å². The topological polar surface area (TPSA) is 35.3 Å². The number of halogens is 4. The molecule has 0 aliphatic rings. The summed E-state index contributed by atoms with van der Waals surface area (Å²) in [5.74, 6) is -1.41. The number of alkyl halides is 3. The van der Waals surface area contributed by atoms with E-state index >= 15 is 0 Å². The lowest BCUT2D eigenvalue weighted by Crippen LogP contribution is -2.09. The van der Waals surface area contributed by atoms with Crippen LogP contribution in [0.15, 0.2) is 22.7 Å². The van der Waals surface area contributed by atoms with Crippen molar-refractivity contribution in [3.05, 3.63) is 35.3 Å². The van der Waals surface area contributed by atoms with Crippen molar-refractivity contribution in [2.75, 3.05) is 7.11 Å². The van der Waals surface area contributed by atoms with Crippen molar-refractivity contribution < 1.29 is 26.8 Å². The minimum absolute atomic E-state index is 0.0824. The molecule has 0 saturated carbocycles. The fourth-order valence-electron chi connectivity index (χ4n) is 1.72. The molecule has 3 nitrogen and oxygen atoms in total. The number of hydrogen-bond acceptors (Lipinski definition) is 3. The van der Waals surface area contributed by atoms with Gasteiger partial charge in [-0.25, -0.2) is 4.39 Å². The van der Waals surface area contributed by atoms with Crippen molar-refractivity contribution in [2.45, 2.75) is 19.5 Å². The molecule has 1 heterocycles. The molecule has 0 radical (unpaired) electrons. The van der Waals surface area contributed by atoms with Crippen LogP contribution in [-0.4, -0.2) is 12.3 Å². The molecule has 0 amide bonds. The van der Waals surface area contributed by atoms with Gasteiger partial charge in [-0.2, -0.15) is 13.2 Å². The largest absolute Gasteiger partial charge is 0.494 e. The van der Waals surface area contributed by atoms with Crippen molar-refractivity contribution >= 4 is 0 Å². The molecule has 0 aliphatic carbocycles. The van der Waals surface area contributed by atoms with Crippen LogP contribution in [0.4, 0.5) is 17.6 Å². The van der Waals surface area contributed by atoms with Gasteiger partial charge in [0.15, 0.2) is 11.6 Å². The molecule has 1 aromatic carbocycles. The molecule has 0 saturated heterocycles. The summed E-state index contributed by atoms with van der Waals surface area (Å²) in [5, 5.41) is 3.67. The monoisotopic (exact) mass is 289 g/mol. The maximum absolute atomic E-state index is 13.6. The zero-order chi connectivity index (χ0) is 14.9. The van der Waals surface area contributed by atoms with E-state index < -0.39 is 23.3 Å². The van der Waals surface area contributed by atoms with Gasteiger partial charge in [-0.15, -0.1) is 0 Å². The Morgan fingerprint density at radius 1 is 1.25 bits per heavy atom. The molecule has 0 aliphatic heterocycles. The normalized spacial score (nSPS) is 11.7. The Morgan fingerprint density at radius 2 is 1.95 bits per heavy atom. The first-order valence-electron chi connectivity index (χ1n) is 5.77. The van der Waals surface area contributed by atoms with Crippen LogP contribution in [0.25, 0.3) is 11.3 Å². The first-order chi connectivity index (χ1) is 9.36. The SMILES string of the molecule is CCc1cc(-c2cc(OC)c(F)c(C(F)(F)F)c2)no1. The number of methoxy groups -OCH3 is 1. The Bertz CT molecular complexity index is 619. The molecule has 108 valence electrons. The van der Waals surface area contributed by atoms with E-state index in [4.69, 9.17) is 4.52 Å². The van der Waals surface area contributed by atoms with Crippen LogP contribution in [0.5, 0.6) is 5.75 Å². The first kappa shape index (κ1) is 14.4. The maximum atomic E-state index is 13.6. The van der Waals surface area contributed by atoms with Crippen molar-refractivity contribution in [1.82, 2.24) is 5.16 Å². The highest BCUT2D eigenvalue weighted by atomic mass is 19.4. The van der Waals surface area contributed by atoms with Crippen LogP contribution in [0, 0.1) is 5.82 Å². The molecule has 0 spiro atoms. The Labute approximate surface area is 112 Å². The molecule has 0 unspecified atom stereocenters. The maximum Gasteiger partial charge on any atom is 0.419 e. The molecule has 0 N–H and O–H groups in total. The highest BCUT2D eigenvalue weighted by molar-refractivity contribution is 5.63. The zero-order valence-electron chi connectivity index (χ0n) is 10.7. The van der Waals surface area contributed by atoms with E-state index in [9.17, 15) is 17.6 Å². The van der Waals surface area contributed by atoms with Gasteiger partial charge >= 0.3 is 6.18 Å². The molecule has 0 bridgehead atoms. The summed E-state index contributed by atoms with van der Waals surface area (Å²) in [6, 6.07) is 3.35. The van der Waals surface area contributed by atoms with Crippen molar-refractivity contribution in [1.29, 1.82) is 0 Å². The average Bonchev–Trinajstić information content (AvgIpc) is 2.86. The van der Waals surface area contributed by atoms with E-state index in [2.05, 4.69) is 9.89 Å². The lowest BCUT2D eigenvalue weighted by Gasteiger charge is -2.12. The van der Waals surface area contributed by atoms with Crippen LogP contribution in [0.3, 0.4) is 0 Å². The van der Waals surface area contributed by atoms with Gasteiger partial charge in [-0.1, -0.05) is 12.1 Å². The van der Waals surface area contributed by atoms with Crippen LogP contribution in [-0.2, 0) is 12.6 Å². The highest BCUT2D eigenvalue weighted by Gasteiger charge is 2.36. The second kappa shape index (κ2) is 5.15. The van der Waals surface area contributed by atoms with Crippen molar-refractivity contribution in [2.24, 2.45) is 0 Å². The highest BCUT2D eigenvalue weighted by Crippen LogP contribution is 2.38. The summed E-state index contributed by atoms with van der Waals surface area (Å²) in [4.78, 5) is 0. The van der Waals surface area contributed by atoms with E-state index in [-0.39, 0.29) is 11.3 Å². The Balaban J connectivity index is 2.59. The van der Waals surface area contributed by atoms with E-state index in [1.807, 2.05) is 6.92 Å². The van der Waals surface area contributed by atoms with Gasteiger partial charge in [-0.3, -0.25) is 0 Å². The minimum atomic E-state index is -4.81. The molecule has 0 atom stereocenters. The van der Waals surface area contributed by atoms with E-state index in [1.54, 1.807) is 0 Å². The van der Waals surface area contributed by atoms with Gasteiger partial charge in [0.2, 0.25) is 0 Å². The van der Waals surface area contributed by atoms with Crippen LogP contribution in [0.1, 0.15) is 18.2 Å². The number of benzene rings is 1. The first-order valence-corrected chi connectivity index (χ1v) is 5.77. The molecule has 1 aromatic heterocycles. The fraction of sp³-hybridized carbons (Fsp3) is 0.308. The number of nitrogens with zero attached hydrogens (tertiary/aromatic N) is 1. The third-order valence-corrected chi connectivity index (χ3v) is 2.77. The predicted octanol–water partition coefficient (Wildman–Crippen LogP) is 4.07. The Hall–Kier alpha value is -2.05. The second-order valence-electron chi connectivity index (χ2n) is 4.07. The molecule has 7 heteroatoms. The third kappa shape index (κ3) is 2.61.